The average molecular weight is 734 g/mol. The lowest BCUT2D eigenvalue weighted by atomic mass is 9.98. The Bertz CT molecular complexity index is 3620. The maximum absolute atomic E-state index is 5.41. The van der Waals surface area contributed by atoms with Crippen LogP contribution in [-0.2, 0) is 0 Å². The smallest absolute Gasteiger partial charge is 0.235 e. The summed E-state index contributed by atoms with van der Waals surface area (Å²) in [5.74, 6) is 0.674. The van der Waals surface area contributed by atoms with Gasteiger partial charge in [0.1, 0.15) is 0 Å². The molecule has 5 heteroatoms. The van der Waals surface area contributed by atoms with Crippen LogP contribution >= 0.6 is 22.7 Å². The van der Waals surface area contributed by atoms with E-state index >= 15 is 0 Å². The van der Waals surface area contributed by atoms with Crippen LogP contribution in [0.1, 0.15) is 0 Å². The molecule has 12 aromatic rings. The third kappa shape index (κ3) is 4.14. The lowest BCUT2D eigenvalue weighted by Gasteiger charge is -2.12. The van der Waals surface area contributed by atoms with E-state index in [1.165, 1.54) is 84.5 Å². The molecule has 8 aromatic carbocycles. The molecule has 0 bridgehead atoms. The van der Waals surface area contributed by atoms with E-state index in [-0.39, 0.29) is 0 Å². The Hall–Kier alpha value is -6.66. The molecule has 13 rings (SSSR count). The van der Waals surface area contributed by atoms with Crippen molar-refractivity contribution in [3.8, 4) is 49.9 Å². The molecule has 3 nitrogen and oxygen atoms in total. The molecule has 0 saturated carbocycles. The fourth-order valence-corrected chi connectivity index (χ4v) is 11.5. The zero-order valence-corrected chi connectivity index (χ0v) is 30.9. The fraction of sp³-hybridized carbons (Fsp3) is 0. The minimum absolute atomic E-state index is 0.674. The number of nitrogens with zero attached hydrogens (tertiary/aromatic N) is 3. The lowest BCUT2D eigenvalue weighted by Crippen LogP contribution is -2.03. The summed E-state index contributed by atoms with van der Waals surface area (Å²) in [4.78, 5) is 12.0. The molecule has 55 heavy (non-hydrogen) atoms. The van der Waals surface area contributed by atoms with Crippen LogP contribution in [0.15, 0.2) is 164 Å². The van der Waals surface area contributed by atoms with Gasteiger partial charge in [0.15, 0.2) is 0 Å². The van der Waals surface area contributed by atoms with E-state index in [9.17, 15) is 0 Å². The maximum atomic E-state index is 5.41. The van der Waals surface area contributed by atoms with Gasteiger partial charge in [-0.3, -0.25) is 4.57 Å². The summed E-state index contributed by atoms with van der Waals surface area (Å²) >= 11 is 3.75. The van der Waals surface area contributed by atoms with Crippen LogP contribution in [0.2, 0.25) is 0 Å². The molecule has 0 amide bonds. The van der Waals surface area contributed by atoms with Crippen molar-refractivity contribution in [1.82, 2.24) is 14.5 Å². The van der Waals surface area contributed by atoms with Gasteiger partial charge in [-0.2, -0.15) is 0 Å². The number of para-hydroxylation sites is 2. The Morgan fingerprint density at radius 2 is 1.11 bits per heavy atom. The van der Waals surface area contributed by atoms with E-state index < -0.39 is 0 Å². The van der Waals surface area contributed by atoms with Crippen LogP contribution in [0.3, 0.4) is 0 Å². The highest BCUT2D eigenvalue weighted by atomic mass is 32.1. The monoisotopic (exact) mass is 733 g/mol. The number of fused-ring (bicyclic) bond motifs is 12. The summed E-state index contributed by atoms with van der Waals surface area (Å²) in [5.41, 5.74) is 11.6. The summed E-state index contributed by atoms with van der Waals surface area (Å²) in [6.45, 7) is 0. The van der Waals surface area contributed by atoms with Crippen molar-refractivity contribution in [2.24, 2.45) is 0 Å². The van der Waals surface area contributed by atoms with Crippen molar-refractivity contribution in [3.63, 3.8) is 0 Å². The molecule has 254 valence electrons. The summed E-state index contributed by atoms with van der Waals surface area (Å²) in [6, 6.07) is 59.8. The van der Waals surface area contributed by atoms with E-state index in [4.69, 9.17) is 9.97 Å². The zero-order chi connectivity index (χ0) is 35.8. The molecular formula is C50H27N3S2. The summed E-state index contributed by atoms with van der Waals surface area (Å²) < 4.78 is 6.14. The maximum Gasteiger partial charge on any atom is 0.235 e. The van der Waals surface area contributed by atoms with Crippen molar-refractivity contribution >= 4 is 96.4 Å². The molecule has 1 aliphatic carbocycles. The second-order valence-corrected chi connectivity index (χ2v) is 16.6. The largest absolute Gasteiger partial charge is 0.278 e. The van der Waals surface area contributed by atoms with E-state index in [0.29, 0.717) is 5.95 Å². The normalized spacial score (nSPS) is 12.4. The molecule has 0 saturated heterocycles. The van der Waals surface area contributed by atoms with Crippen LogP contribution in [0.25, 0.3) is 124 Å². The van der Waals surface area contributed by atoms with Crippen LogP contribution in [0.5, 0.6) is 0 Å². The lowest BCUT2D eigenvalue weighted by molar-refractivity contribution is 1.01. The summed E-state index contributed by atoms with van der Waals surface area (Å²) in [7, 11) is 0. The van der Waals surface area contributed by atoms with Gasteiger partial charge in [-0.1, -0.05) is 115 Å². The first kappa shape index (κ1) is 29.8. The molecule has 0 aliphatic heterocycles. The second kappa shape index (κ2) is 11.0. The first-order chi connectivity index (χ1) is 27.2. The van der Waals surface area contributed by atoms with E-state index in [1.807, 2.05) is 22.7 Å². The standard InChI is InChI=1S/C50H27N3S2/c1-4-16-40-35(13-1)48(31-19-22-34-33-12-3-6-18-43(33)54-45(34)27-31)52-50(51-40)53-41-17-5-2-11-32(41)38-25-29(20-23-42(38)53)30-21-24-44-39(26-30)47-36-14-7-9-28-10-8-15-37(46(28)36)49(47)55-44/h1-27H. The molecule has 0 unspecified atom stereocenters. The topological polar surface area (TPSA) is 30.7 Å². The highest BCUT2D eigenvalue weighted by Gasteiger charge is 2.26. The van der Waals surface area contributed by atoms with Crippen LogP contribution in [0, 0.1) is 0 Å². The van der Waals surface area contributed by atoms with Gasteiger partial charge in [0, 0.05) is 68.0 Å². The van der Waals surface area contributed by atoms with Crippen LogP contribution < -0.4 is 0 Å². The predicted octanol–water partition coefficient (Wildman–Crippen LogP) is 14.4. The molecule has 1 aliphatic rings. The minimum atomic E-state index is 0.674. The number of benzene rings is 8. The Morgan fingerprint density at radius 1 is 0.418 bits per heavy atom. The van der Waals surface area contributed by atoms with Gasteiger partial charge in [0.2, 0.25) is 5.95 Å². The predicted molar refractivity (Wildman–Crippen MR) is 235 cm³/mol. The molecule has 0 radical (unpaired) electrons. The summed E-state index contributed by atoms with van der Waals surface area (Å²) in [5, 5.41) is 10.0. The molecule has 4 heterocycles. The highest BCUT2D eigenvalue weighted by molar-refractivity contribution is 7.25. The first-order valence-corrected chi connectivity index (χ1v) is 20.2. The Morgan fingerprint density at radius 3 is 2.02 bits per heavy atom. The Kier molecular flexibility index (Phi) is 5.93. The van der Waals surface area contributed by atoms with Crippen molar-refractivity contribution in [2.45, 2.75) is 0 Å². The highest BCUT2D eigenvalue weighted by Crippen LogP contribution is 2.54. The Labute approximate surface area is 323 Å². The first-order valence-electron chi connectivity index (χ1n) is 18.6. The van der Waals surface area contributed by atoms with Crippen LogP contribution in [-0.4, -0.2) is 14.5 Å². The van der Waals surface area contributed by atoms with Crippen molar-refractivity contribution < 1.29 is 0 Å². The van der Waals surface area contributed by atoms with Gasteiger partial charge < -0.3 is 0 Å². The quantitative estimate of drug-likeness (QED) is 0.181. The third-order valence-electron chi connectivity index (χ3n) is 11.6. The Balaban J connectivity index is 0.993. The molecule has 0 atom stereocenters. The number of hydrogen-bond donors (Lipinski definition) is 0. The van der Waals surface area contributed by atoms with E-state index in [1.54, 1.807) is 0 Å². The van der Waals surface area contributed by atoms with Crippen molar-refractivity contribution in [1.29, 1.82) is 0 Å². The molecular weight excluding hydrogens is 707 g/mol. The number of aromatic nitrogens is 3. The minimum Gasteiger partial charge on any atom is -0.278 e. The van der Waals surface area contributed by atoms with Crippen molar-refractivity contribution in [3.05, 3.63) is 164 Å². The SMILES string of the molecule is c1cc2c3c(cccc3c1)-c1c-2sc2ccc(-c3ccc4c(c3)c3ccccc3n4-c3nc(-c4ccc5c(c4)sc4ccccc45)c4ccccc4n3)cc12. The number of hydrogen-bond acceptors (Lipinski definition) is 4. The van der Waals surface area contributed by atoms with Crippen molar-refractivity contribution in [2.75, 3.05) is 0 Å². The number of thiophene rings is 2. The van der Waals surface area contributed by atoms with Gasteiger partial charge in [-0.05, 0) is 76.0 Å². The summed E-state index contributed by atoms with van der Waals surface area (Å²) in [6.07, 6.45) is 0. The average Bonchev–Trinajstić information content (AvgIpc) is 3.98. The van der Waals surface area contributed by atoms with Gasteiger partial charge in [-0.15, -0.1) is 22.7 Å². The van der Waals surface area contributed by atoms with E-state index in [2.05, 4.69) is 168 Å². The second-order valence-electron chi connectivity index (χ2n) is 14.5. The number of rotatable bonds is 3. The molecule has 0 N–H and O–H groups in total. The van der Waals surface area contributed by atoms with Gasteiger partial charge >= 0.3 is 0 Å². The molecule has 4 aromatic heterocycles. The fourth-order valence-electron chi connectivity index (χ4n) is 9.10. The molecule has 0 spiro atoms. The zero-order valence-electron chi connectivity index (χ0n) is 29.2. The van der Waals surface area contributed by atoms with Gasteiger partial charge in [0.05, 0.1) is 22.2 Å². The molecule has 0 fully saturated rings. The van der Waals surface area contributed by atoms with E-state index in [0.717, 1.165) is 33.2 Å². The van der Waals surface area contributed by atoms with Gasteiger partial charge in [-0.25, -0.2) is 9.97 Å². The van der Waals surface area contributed by atoms with Gasteiger partial charge in [0.25, 0.3) is 0 Å². The third-order valence-corrected chi connectivity index (χ3v) is 13.9. The van der Waals surface area contributed by atoms with Crippen LogP contribution in [0.4, 0.5) is 0 Å².